The van der Waals surface area contributed by atoms with Crippen LogP contribution in [0.5, 0.6) is 11.5 Å². The van der Waals surface area contributed by atoms with Crippen molar-refractivity contribution in [1.29, 1.82) is 0 Å². The molecule has 1 aliphatic rings. The van der Waals surface area contributed by atoms with E-state index in [1.807, 2.05) is 31.2 Å². The summed E-state index contributed by atoms with van der Waals surface area (Å²) in [5.41, 5.74) is 1.70. The Labute approximate surface area is 187 Å². The number of imide groups is 1. The standard InChI is InChI=1S/C21H19BrClNO4S/c1-3-8-24-20(25)19(29-21(24)26)10-14-9-17(27-2)18(11-16(14)22)28-12-13-4-6-15(23)7-5-13/h4-7,9-11H,3,8,12H2,1-2H3/b19-10+. The van der Waals surface area contributed by atoms with Gasteiger partial charge < -0.3 is 9.47 Å². The number of rotatable bonds is 7. The number of carbonyl (C=O) groups excluding carboxylic acids is 2. The maximum absolute atomic E-state index is 12.5. The molecule has 2 amide bonds. The fourth-order valence-corrected chi connectivity index (χ4v) is 4.15. The molecule has 2 aromatic carbocycles. The molecule has 1 fully saturated rings. The Morgan fingerprint density at radius 1 is 1.17 bits per heavy atom. The van der Waals surface area contributed by atoms with Crippen molar-refractivity contribution in [3.05, 3.63) is 61.9 Å². The van der Waals surface area contributed by atoms with E-state index in [1.54, 1.807) is 25.3 Å². The summed E-state index contributed by atoms with van der Waals surface area (Å²) in [5, 5.41) is 0.427. The molecular formula is C21H19BrClNO4S. The van der Waals surface area contributed by atoms with Gasteiger partial charge in [-0.1, -0.05) is 46.6 Å². The molecule has 0 atom stereocenters. The molecule has 0 saturated carbocycles. The van der Waals surface area contributed by atoms with E-state index in [4.69, 9.17) is 21.1 Å². The average Bonchev–Trinajstić information content (AvgIpc) is 2.97. The van der Waals surface area contributed by atoms with Crippen LogP contribution in [0.4, 0.5) is 4.79 Å². The molecule has 0 unspecified atom stereocenters. The summed E-state index contributed by atoms with van der Waals surface area (Å²) < 4.78 is 12.1. The first kappa shape index (κ1) is 21.7. The number of halogens is 2. The second-order valence-corrected chi connectivity index (χ2v) is 8.56. The minimum absolute atomic E-state index is 0.242. The molecule has 1 heterocycles. The second kappa shape index (κ2) is 9.69. The number of thioether (sulfide) groups is 1. The highest BCUT2D eigenvalue weighted by atomic mass is 79.9. The number of hydrogen-bond acceptors (Lipinski definition) is 5. The normalized spacial score (nSPS) is 15.3. The van der Waals surface area contributed by atoms with Crippen molar-refractivity contribution in [3.8, 4) is 11.5 Å². The largest absolute Gasteiger partial charge is 0.493 e. The lowest BCUT2D eigenvalue weighted by atomic mass is 10.1. The van der Waals surface area contributed by atoms with Gasteiger partial charge in [-0.15, -0.1) is 0 Å². The SMILES string of the molecule is CCCN1C(=O)S/C(=C/c2cc(OC)c(OCc3ccc(Cl)cc3)cc2Br)C1=O. The van der Waals surface area contributed by atoms with E-state index in [1.165, 1.54) is 4.90 Å². The van der Waals surface area contributed by atoms with Crippen LogP contribution in [0.1, 0.15) is 24.5 Å². The fourth-order valence-electron chi connectivity index (χ4n) is 2.73. The molecule has 29 heavy (non-hydrogen) atoms. The number of carbonyl (C=O) groups is 2. The predicted octanol–water partition coefficient (Wildman–Crippen LogP) is 6.14. The minimum atomic E-state index is -0.268. The summed E-state index contributed by atoms with van der Waals surface area (Å²) in [5.74, 6) is 0.822. The van der Waals surface area contributed by atoms with Gasteiger partial charge in [0.15, 0.2) is 11.5 Å². The van der Waals surface area contributed by atoms with E-state index in [9.17, 15) is 9.59 Å². The molecular weight excluding hydrogens is 478 g/mol. The van der Waals surface area contributed by atoms with Crippen molar-refractivity contribution in [1.82, 2.24) is 4.90 Å². The van der Waals surface area contributed by atoms with E-state index in [2.05, 4.69) is 15.9 Å². The summed E-state index contributed by atoms with van der Waals surface area (Å²) in [4.78, 5) is 26.2. The molecule has 5 nitrogen and oxygen atoms in total. The van der Waals surface area contributed by atoms with Crippen LogP contribution in [0.2, 0.25) is 5.02 Å². The highest BCUT2D eigenvalue weighted by molar-refractivity contribution is 9.10. The Bertz CT molecular complexity index is 962. The van der Waals surface area contributed by atoms with Gasteiger partial charge in [-0.2, -0.15) is 0 Å². The molecule has 0 radical (unpaired) electrons. The first-order valence-corrected chi connectivity index (χ1v) is 10.9. The monoisotopic (exact) mass is 495 g/mol. The zero-order chi connectivity index (χ0) is 21.0. The van der Waals surface area contributed by atoms with Crippen molar-refractivity contribution >= 4 is 56.5 Å². The third-order valence-electron chi connectivity index (χ3n) is 4.20. The number of methoxy groups -OCH3 is 1. The quantitative estimate of drug-likeness (QED) is 0.431. The van der Waals surface area contributed by atoms with Crippen LogP contribution in [0.3, 0.4) is 0 Å². The topological polar surface area (TPSA) is 55.8 Å². The van der Waals surface area contributed by atoms with Crippen molar-refractivity contribution in [2.24, 2.45) is 0 Å². The minimum Gasteiger partial charge on any atom is -0.493 e. The fraction of sp³-hybridized carbons (Fsp3) is 0.238. The maximum Gasteiger partial charge on any atom is 0.293 e. The van der Waals surface area contributed by atoms with Crippen molar-refractivity contribution in [2.75, 3.05) is 13.7 Å². The van der Waals surface area contributed by atoms with E-state index >= 15 is 0 Å². The predicted molar refractivity (Wildman–Crippen MR) is 119 cm³/mol. The van der Waals surface area contributed by atoms with Gasteiger partial charge in [-0.05, 0) is 59.7 Å². The molecule has 152 valence electrons. The van der Waals surface area contributed by atoms with Crippen molar-refractivity contribution in [2.45, 2.75) is 20.0 Å². The summed E-state index contributed by atoms with van der Waals surface area (Å²) >= 11 is 10.4. The number of ether oxygens (including phenoxy) is 2. The van der Waals surface area contributed by atoms with Gasteiger partial charge in [-0.3, -0.25) is 14.5 Å². The van der Waals surface area contributed by atoms with E-state index in [0.717, 1.165) is 33.8 Å². The molecule has 0 aromatic heterocycles. The van der Waals surface area contributed by atoms with Crippen LogP contribution < -0.4 is 9.47 Å². The molecule has 0 aliphatic carbocycles. The Kier molecular flexibility index (Phi) is 7.27. The summed E-state index contributed by atoms with van der Waals surface area (Å²) in [7, 11) is 1.55. The number of benzene rings is 2. The van der Waals surface area contributed by atoms with Crippen LogP contribution >= 0.6 is 39.3 Å². The molecule has 0 spiro atoms. The van der Waals surface area contributed by atoms with E-state index in [0.29, 0.717) is 34.6 Å². The summed E-state index contributed by atoms with van der Waals surface area (Å²) in [6.45, 7) is 2.70. The van der Waals surface area contributed by atoms with Crippen LogP contribution in [0, 0.1) is 0 Å². The lowest BCUT2D eigenvalue weighted by molar-refractivity contribution is -0.122. The zero-order valence-electron chi connectivity index (χ0n) is 15.9. The molecule has 2 aromatic rings. The molecule has 1 saturated heterocycles. The average molecular weight is 497 g/mol. The highest BCUT2D eigenvalue weighted by Crippen LogP contribution is 2.38. The summed E-state index contributed by atoms with van der Waals surface area (Å²) in [6, 6.07) is 11.0. The van der Waals surface area contributed by atoms with Crippen LogP contribution in [-0.4, -0.2) is 29.7 Å². The van der Waals surface area contributed by atoms with Crippen LogP contribution in [-0.2, 0) is 11.4 Å². The van der Waals surface area contributed by atoms with E-state index < -0.39 is 0 Å². The molecule has 3 rings (SSSR count). The van der Waals surface area contributed by atoms with Gasteiger partial charge >= 0.3 is 0 Å². The van der Waals surface area contributed by atoms with Gasteiger partial charge in [0, 0.05) is 16.0 Å². The third kappa shape index (κ3) is 5.15. The molecule has 0 N–H and O–H groups in total. The lowest BCUT2D eigenvalue weighted by Crippen LogP contribution is -2.28. The second-order valence-electron chi connectivity index (χ2n) is 6.27. The smallest absolute Gasteiger partial charge is 0.293 e. The van der Waals surface area contributed by atoms with Gasteiger partial charge in [0.25, 0.3) is 11.1 Å². The summed E-state index contributed by atoms with van der Waals surface area (Å²) in [6.07, 6.45) is 2.42. The van der Waals surface area contributed by atoms with E-state index in [-0.39, 0.29) is 11.1 Å². The number of nitrogens with zero attached hydrogens (tertiary/aromatic N) is 1. The van der Waals surface area contributed by atoms with Gasteiger partial charge in [-0.25, -0.2) is 0 Å². The Morgan fingerprint density at radius 3 is 2.55 bits per heavy atom. The van der Waals surface area contributed by atoms with Crippen LogP contribution in [0.15, 0.2) is 45.8 Å². The third-order valence-corrected chi connectivity index (χ3v) is 6.04. The Morgan fingerprint density at radius 2 is 1.90 bits per heavy atom. The van der Waals surface area contributed by atoms with Crippen LogP contribution in [0.25, 0.3) is 6.08 Å². The highest BCUT2D eigenvalue weighted by Gasteiger charge is 2.34. The van der Waals surface area contributed by atoms with Crippen molar-refractivity contribution < 1.29 is 19.1 Å². The first-order valence-electron chi connectivity index (χ1n) is 8.93. The first-order chi connectivity index (χ1) is 13.9. The molecule has 0 bridgehead atoms. The Hall–Kier alpha value is -1.96. The number of hydrogen-bond donors (Lipinski definition) is 0. The van der Waals surface area contributed by atoms with Gasteiger partial charge in [0.05, 0.1) is 12.0 Å². The van der Waals surface area contributed by atoms with Gasteiger partial charge in [0.2, 0.25) is 0 Å². The van der Waals surface area contributed by atoms with Crippen molar-refractivity contribution in [3.63, 3.8) is 0 Å². The maximum atomic E-state index is 12.5. The number of amides is 2. The zero-order valence-corrected chi connectivity index (χ0v) is 19.1. The molecule has 8 heteroatoms. The Balaban J connectivity index is 1.82. The lowest BCUT2D eigenvalue weighted by Gasteiger charge is -2.13. The molecule has 1 aliphatic heterocycles. The van der Waals surface area contributed by atoms with Gasteiger partial charge in [0.1, 0.15) is 6.61 Å².